The minimum atomic E-state index is -0.796. The Morgan fingerprint density at radius 1 is 0.266 bits per heavy atom. The van der Waals surface area contributed by atoms with Crippen LogP contribution in [0.4, 0.5) is 0 Å². The van der Waals surface area contributed by atoms with Crippen LogP contribution in [0.25, 0.3) is 0 Å². The Kier molecular flexibility index (Phi) is 62.8. The molecule has 0 radical (unpaired) electrons. The van der Waals surface area contributed by atoms with Gasteiger partial charge in [0, 0.05) is 19.3 Å². The zero-order valence-electron chi connectivity index (χ0n) is 51.6. The fraction of sp³-hybridized carbons (Fsp3) is 0.685. The second kappa shape index (κ2) is 66.3. The third-order valence-electron chi connectivity index (χ3n) is 13.9. The highest BCUT2D eigenvalue weighted by molar-refractivity contribution is 5.71. The largest absolute Gasteiger partial charge is 0.462 e. The topological polar surface area (TPSA) is 78.9 Å². The fourth-order valence-electron chi connectivity index (χ4n) is 9.04. The van der Waals surface area contributed by atoms with Crippen LogP contribution in [0.3, 0.4) is 0 Å². The van der Waals surface area contributed by atoms with Crippen molar-refractivity contribution in [3.63, 3.8) is 0 Å². The van der Waals surface area contributed by atoms with Gasteiger partial charge >= 0.3 is 17.9 Å². The lowest BCUT2D eigenvalue weighted by Crippen LogP contribution is -2.30. The van der Waals surface area contributed by atoms with Gasteiger partial charge in [-0.1, -0.05) is 277 Å². The molecule has 0 spiro atoms. The Balaban J connectivity index is 4.21. The first-order chi connectivity index (χ1) is 39.0. The van der Waals surface area contributed by atoms with Gasteiger partial charge in [-0.15, -0.1) is 0 Å². The zero-order chi connectivity index (χ0) is 57.1. The number of ether oxygens (including phenoxy) is 3. The number of hydrogen-bond acceptors (Lipinski definition) is 6. The van der Waals surface area contributed by atoms with E-state index in [1.54, 1.807) is 0 Å². The van der Waals surface area contributed by atoms with Gasteiger partial charge < -0.3 is 14.2 Å². The average molecular weight is 1100 g/mol. The quantitative estimate of drug-likeness (QED) is 0.0261. The average Bonchev–Trinajstić information content (AvgIpc) is 3.45. The molecule has 0 aliphatic carbocycles. The molecule has 0 amide bonds. The Labute approximate surface area is 488 Å². The molecular weight excluding hydrogens is 973 g/mol. The lowest BCUT2D eigenvalue weighted by atomic mass is 10.0. The van der Waals surface area contributed by atoms with Gasteiger partial charge in [-0.2, -0.15) is 0 Å². The van der Waals surface area contributed by atoms with Crippen LogP contribution < -0.4 is 0 Å². The summed E-state index contributed by atoms with van der Waals surface area (Å²) < 4.78 is 16.9. The molecule has 0 aromatic carbocycles. The molecular formula is C73H122O6. The molecule has 0 saturated carbocycles. The highest BCUT2D eigenvalue weighted by atomic mass is 16.6. The maximum absolute atomic E-state index is 12.9. The molecule has 0 bridgehead atoms. The smallest absolute Gasteiger partial charge is 0.306 e. The van der Waals surface area contributed by atoms with Crippen LogP contribution in [0.1, 0.15) is 303 Å². The Bertz CT molecular complexity index is 1640. The number of unbranched alkanes of at least 4 members (excludes halogenated alkanes) is 28. The van der Waals surface area contributed by atoms with Crippen LogP contribution >= 0.6 is 0 Å². The summed E-state index contributed by atoms with van der Waals surface area (Å²) in [6.07, 6.45) is 92.2. The van der Waals surface area contributed by atoms with Crippen LogP contribution in [-0.4, -0.2) is 37.2 Å². The lowest BCUT2D eigenvalue weighted by molar-refractivity contribution is -0.167. The lowest BCUT2D eigenvalue weighted by Gasteiger charge is -2.18. The summed E-state index contributed by atoms with van der Waals surface area (Å²) in [7, 11) is 0. The van der Waals surface area contributed by atoms with Gasteiger partial charge in [-0.25, -0.2) is 0 Å². The van der Waals surface area contributed by atoms with Crippen molar-refractivity contribution in [3.05, 3.63) is 122 Å². The molecule has 0 N–H and O–H groups in total. The Morgan fingerprint density at radius 2 is 0.494 bits per heavy atom. The molecule has 6 nitrogen and oxygen atoms in total. The summed E-state index contributed by atoms with van der Waals surface area (Å²) in [5.41, 5.74) is 0. The number of carbonyl (C=O) groups excluding carboxylic acids is 3. The molecule has 0 aromatic rings. The molecule has 79 heavy (non-hydrogen) atoms. The van der Waals surface area contributed by atoms with Gasteiger partial charge in [0.25, 0.3) is 0 Å². The zero-order valence-corrected chi connectivity index (χ0v) is 51.6. The summed E-state index contributed by atoms with van der Waals surface area (Å²) >= 11 is 0. The van der Waals surface area contributed by atoms with E-state index >= 15 is 0 Å². The Morgan fingerprint density at radius 3 is 0.797 bits per heavy atom. The second-order valence-electron chi connectivity index (χ2n) is 21.6. The number of esters is 3. The number of carbonyl (C=O) groups is 3. The monoisotopic (exact) mass is 1090 g/mol. The predicted octanol–water partition coefficient (Wildman–Crippen LogP) is 22.8. The van der Waals surface area contributed by atoms with Crippen molar-refractivity contribution in [2.24, 2.45) is 0 Å². The number of allylic oxidation sites excluding steroid dienone is 20. The minimum Gasteiger partial charge on any atom is -0.462 e. The minimum absolute atomic E-state index is 0.0910. The van der Waals surface area contributed by atoms with Gasteiger partial charge in [0.05, 0.1) is 0 Å². The standard InChI is InChI=1S/C73H122O6/c1-4-7-10-13-16-19-22-25-27-28-29-30-31-32-33-34-35-36-37-38-39-40-41-42-43-44-46-48-51-54-57-60-63-66-72(75)78-69-70(68-77-71(74)65-62-59-56-53-50-47-24-21-18-15-12-9-6-3)79-73(76)67-64-61-58-55-52-49-45-26-23-20-17-14-11-8-5-2/h7,9-10,12,16,18-19,21,25-27,29-30,32-33,35-36,45,47,50,70H,4-6,8,11,13-15,17,20,22-24,28,31,34,37-44,46,48-49,51-69H2,1-3H3/b10-7-,12-9-,19-16-,21-18-,27-25-,30-29-,33-32-,36-35-,45-26-,50-47-. The first kappa shape index (κ1) is 74.8. The predicted molar refractivity (Wildman–Crippen MR) is 343 cm³/mol. The van der Waals surface area contributed by atoms with Crippen molar-refractivity contribution in [2.45, 2.75) is 309 Å². The first-order valence-electron chi connectivity index (χ1n) is 33.0. The molecule has 0 aliphatic heterocycles. The molecule has 1 unspecified atom stereocenters. The van der Waals surface area contributed by atoms with Gasteiger partial charge in [-0.3, -0.25) is 14.4 Å². The van der Waals surface area contributed by atoms with Crippen LogP contribution in [0, 0.1) is 0 Å². The van der Waals surface area contributed by atoms with E-state index in [4.69, 9.17) is 14.2 Å². The van der Waals surface area contributed by atoms with Crippen LogP contribution in [0.5, 0.6) is 0 Å². The molecule has 0 rings (SSSR count). The third kappa shape index (κ3) is 64.5. The Hall–Kier alpha value is -4.19. The molecule has 0 fully saturated rings. The van der Waals surface area contributed by atoms with E-state index in [1.807, 2.05) is 0 Å². The van der Waals surface area contributed by atoms with Crippen molar-refractivity contribution in [3.8, 4) is 0 Å². The van der Waals surface area contributed by atoms with Crippen LogP contribution in [0.15, 0.2) is 122 Å². The summed E-state index contributed by atoms with van der Waals surface area (Å²) in [6.45, 7) is 6.39. The SMILES string of the molecule is CC/C=C\C/C=C\C/C=C\C/C=C\C/C=C\C/C=C\CCCCCCCCCCCCCCCCC(=O)OCC(COC(=O)CCCCC/C=C\C/C=C\C/C=C\CC)OC(=O)CCCCCCC/C=C\CCCCCCCC. The molecule has 0 aliphatic rings. The van der Waals surface area contributed by atoms with Gasteiger partial charge in [-0.05, 0) is 128 Å². The molecule has 1 atom stereocenters. The van der Waals surface area contributed by atoms with E-state index in [-0.39, 0.29) is 31.1 Å². The van der Waals surface area contributed by atoms with Gasteiger partial charge in [0.1, 0.15) is 13.2 Å². The maximum Gasteiger partial charge on any atom is 0.306 e. The van der Waals surface area contributed by atoms with Crippen molar-refractivity contribution >= 4 is 17.9 Å². The van der Waals surface area contributed by atoms with E-state index in [1.165, 1.54) is 128 Å². The number of rotatable bonds is 59. The summed E-state index contributed by atoms with van der Waals surface area (Å²) in [5, 5.41) is 0. The van der Waals surface area contributed by atoms with E-state index < -0.39 is 6.10 Å². The highest BCUT2D eigenvalue weighted by Gasteiger charge is 2.19. The molecule has 6 heteroatoms. The number of hydrogen-bond donors (Lipinski definition) is 0. The summed E-state index contributed by atoms with van der Waals surface area (Å²) in [6, 6.07) is 0. The highest BCUT2D eigenvalue weighted by Crippen LogP contribution is 2.16. The molecule has 0 heterocycles. The summed E-state index contributed by atoms with van der Waals surface area (Å²) in [5.74, 6) is -0.925. The van der Waals surface area contributed by atoms with Crippen molar-refractivity contribution in [1.29, 1.82) is 0 Å². The molecule has 450 valence electrons. The van der Waals surface area contributed by atoms with Crippen LogP contribution in [-0.2, 0) is 28.6 Å². The van der Waals surface area contributed by atoms with E-state index in [9.17, 15) is 14.4 Å². The fourth-order valence-corrected chi connectivity index (χ4v) is 9.04. The third-order valence-corrected chi connectivity index (χ3v) is 13.9. The van der Waals surface area contributed by atoms with E-state index in [0.29, 0.717) is 19.3 Å². The maximum atomic E-state index is 12.9. The van der Waals surface area contributed by atoms with E-state index in [2.05, 4.69) is 142 Å². The van der Waals surface area contributed by atoms with Crippen molar-refractivity contribution < 1.29 is 28.6 Å². The van der Waals surface area contributed by atoms with Crippen molar-refractivity contribution in [1.82, 2.24) is 0 Å². The van der Waals surface area contributed by atoms with Gasteiger partial charge in [0.15, 0.2) is 6.10 Å². The van der Waals surface area contributed by atoms with E-state index in [0.717, 1.165) is 135 Å². The van der Waals surface area contributed by atoms with Gasteiger partial charge in [0.2, 0.25) is 0 Å². The molecule has 0 saturated heterocycles. The van der Waals surface area contributed by atoms with Crippen molar-refractivity contribution in [2.75, 3.05) is 13.2 Å². The normalized spacial score (nSPS) is 12.9. The van der Waals surface area contributed by atoms with Crippen LogP contribution in [0.2, 0.25) is 0 Å². The second-order valence-corrected chi connectivity index (χ2v) is 21.6. The first-order valence-corrected chi connectivity index (χ1v) is 33.0. The summed E-state index contributed by atoms with van der Waals surface area (Å²) in [4.78, 5) is 38.3. The molecule has 0 aromatic heterocycles.